The molecular weight excluding hydrogens is 558 g/mol. The Labute approximate surface area is 243 Å². The number of imidazole rings is 1. The molecule has 1 saturated carbocycles. The smallest absolute Gasteiger partial charge is 0.232 e. The average molecular weight is 598 g/mol. The van der Waals surface area contributed by atoms with Gasteiger partial charge in [0.15, 0.2) is 8.32 Å². The second-order valence-corrected chi connectivity index (χ2v) is 19.3. The summed E-state index contributed by atoms with van der Waals surface area (Å²) in [6.45, 7) is 12.1. The molecule has 0 aliphatic heterocycles. The van der Waals surface area contributed by atoms with E-state index in [-0.39, 0.29) is 16.8 Å². The Balaban J connectivity index is 1.51. The maximum atomic E-state index is 13.7. The monoisotopic (exact) mass is 597 g/mol. The van der Waals surface area contributed by atoms with E-state index < -0.39 is 18.3 Å². The van der Waals surface area contributed by atoms with Crippen LogP contribution in [-0.4, -0.2) is 46.1 Å². The number of aromatic nitrogens is 2. The molecule has 1 aliphatic rings. The average Bonchev–Trinajstić information content (AvgIpc) is 3.45. The van der Waals surface area contributed by atoms with E-state index in [1.807, 2.05) is 6.07 Å². The summed E-state index contributed by atoms with van der Waals surface area (Å²) in [6.07, 6.45) is 8.17. The summed E-state index contributed by atoms with van der Waals surface area (Å²) in [6, 6.07) is 10.1. The number of benzene rings is 2. The number of furan rings is 1. The molecule has 1 aliphatic carbocycles. The van der Waals surface area contributed by atoms with Gasteiger partial charge >= 0.3 is 0 Å². The third-order valence-electron chi connectivity index (χ3n) is 8.39. The Hall–Kier alpha value is -2.95. The Morgan fingerprint density at radius 3 is 2.44 bits per heavy atom. The third-order valence-corrected chi connectivity index (χ3v) is 14.1. The number of aromatic amines is 1. The lowest BCUT2D eigenvalue weighted by Crippen LogP contribution is -2.41. The summed E-state index contributed by atoms with van der Waals surface area (Å²) < 4.78 is 54.3. The molecule has 4 aromatic rings. The van der Waals surface area contributed by atoms with Gasteiger partial charge in [-0.1, -0.05) is 20.8 Å². The zero-order chi connectivity index (χ0) is 29.6. The largest absolute Gasteiger partial charge is 0.455 e. The highest BCUT2D eigenvalue weighted by molar-refractivity contribution is 7.92. The number of fused-ring (bicyclic) bond motifs is 1. The third kappa shape index (κ3) is 6.29. The van der Waals surface area contributed by atoms with Gasteiger partial charge in [-0.2, -0.15) is 0 Å². The zero-order valence-electron chi connectivity index (χ0n) is 24.8. The van der Waals surface area contributed by atoms with Crippen molar-refractivity contribution in [2.24, 2.45) is 0 Å². The first-order chi connectivity index (χ1) is 19.3. The van der Waals surface area contributed by atoms with Crippen LogP contribution in [0.5, 0.6) is 0 Å². The normalized spacial score (nSPS) is 14.6. The molecule has 7 nitrogen and oxygen atoms in total. The van der Waals surface area contributed by atoms with E-state index in [0.29, 0.717) is 48.0 Å². The highest BCUT2D eigenvalue weighted by Gasteiger charge is 2.37. The summed E-state index contributed by atoms with van der Waals surface area (Å²) in [5.74, 6) is 1.15. The van der Waals surface area contributed by atoms with Gasteiger partial charge in [0.05, 0.1) is 17.5 Å². The van der Waals surface area contributed by atoms with E-state index in [1.54, 1.807) is 24.5 Å². The Morgan fingerprint density at radius 1 is 1.15 bits per heavy atom. The molecule has 5 rings (SSSR count). The Kier molecular flexibility index (Phi) is 7.95. The van der Waals surface area contributed by atoms with Gasteiger partial charge in [-0.25, -0.2) is 17.8 Å². The Morgan fingerprint density at radius 2 is 1.85 bits per heavy atom. The molecule has 0 radical (unpaired) electrons. The quantitative estimate of drug-likeness (QED) is 0.139. The van der Waals surface area contributed by atoms with E-state index in [1.165, 1.54) is 22.7 Å². The van der Waals surface area contributed by atoms with Crippen LogP contribution < -0.4 is 4.31 Å². The lowest BCUT2D eigenvalue weighted by molar-refractivity contribution is 0.280. The molecule has 0 spiro atoms. The van der Waals surface area contributed by atoms with Crippen LogP contribution >= 0.6 is 0 Å². The van der Waals surface area contributed by atoms with E-state index in [4.69, 9.17) is 8.84 Å². The zero-order valence-corrected chi connectivity index (χ0v) is 26.6. The minimum atomic E-state index is -3.56. The number of hydrogen-bond donors (Lipinski definition) is 1. The van der Waals surface area contributed by atoms with Crippen LogP contribution in [0.3, 0.4) is 0 Å². The first-order valence-corrected chi connectivity index (χ1v) is 19.0. The highest BCUT2D eigenvalue weighted by atomic mass is 32.2. The number of unbranched alkanes of at least 4 members (excludes halogenated alkanes) is 1. The topological polar surface area (TPSA) is 88.4 Å². The van der Waals surface area contributed by atoms with Gasteiger partial charge in [0.2, 0.25) is 10.0 Å². The molecule has 0 saturated heterocycles. The number of H-pyrrole nitrogens is 1. The van der Waals surface area contributed by atoms with Crippen LogP contribution in [0, 0.1) is 5.82 Å². The van der Waals surface area contributed by atoms with Gasteiger partial charge in [0, 0.05) is 42.6 Å². The standard InChI is InChI=1S/C31H40FN3O4SSi/c1-31(2,3)41(5,6)38-18-8-7-17-35(40(4,36)37)26-20-27-25(19-24(26)21-9-10-21)28(30-33-15-16-34-30)29(39-27)22-11-13-23(32)14-12-22/h11-16,19-21H,7-10,17-18H2,1-6H3,(H,33,34). The Bertz CT molecular complexity index is 1620. The van der Waals surface area contributed by atoms with Crippen LogP contribution in [-0.2, 0) is 14.4 Å². The second-order valence-electron chi connectivity index (χ2n) is 12.6. The molecule has 1 fully saturated rings. The van der Waals surface area contributed by atoms with Gasteiger partial charge in [-0.05, 0) is 85.6 Å². The van der Waals surface area contributed by atoms with Crippen LogP contribution in [0.25, 0.3) is 33.7 Å². The minimum Gasteiger partial charge on any atom is -0.455 e. The van der Waals surface area contributed by atoms with Crippen molar-refractivity contribution < 1.29 is 21.7 Å². The van der Waals surface area contributed by atoms with Crippen molar-refractivity contribution >= 4 is 35.0 Å². The summed E-state index contributed by atoms with van der Waals surface area (Å²) in [5.41, 5.74) is 3.71. The van der Waals surface area contributed by atoms with E-state index in [9.17, 15) is 12.8 Å². The summed E-state index contributed by atoms with van der Waals surface area (Å²) >= 11 is 0. The van der Waals surface area contributed by atoms with E-state index in [0.717, 1.165) is 35.8 Å². The number of nitrogens with zero attached hydrogens (tertiary/aromatic N) is 2. The number of rotatable bonds is 11. The molecule has 10 heteroatoms. The second kappa shape index (κ2) is 11.0. The van der Waals surface area contributed by atoms with Gasteiger partial charge in [-0.3, -0.25) is 4.31 Å². The molecule has 1 N–H and O–H groups in total. The lowest BCUT2D eigenvalue weighted by atomic mass is 10.0. The van der Waals surface area contributed by atoms with E-state index in [2.05, 4.69) is 49.9 Å². The van der Waals surface area contributed by atoms with Crippen LogP contribution in [0.4, 0.5) is 10.1 Å². The maximum absolute atomic E-state index is 13.7. The predicted molar refractivity (Wildman–Crippen MR) is 166 cm³/mol. The van der Waals surface area contributed by atoms with Crippen molar-refractivity contribution in [3.05, 3.63) is 60.2 Å². The molecular formula is C31H40FN3O4SSi. The van der Waals surface area contributed by atoms with Crippen LogP contribution in [0.15, 0.2) is 53.2 Å². The molecule has 0 bridgehead atoms. The molecule has 2 aromatic heterocycles. The molecule has 2 aromatic carbocycles. The molecule has 0 unspecified atom stereocenters. The van der Waals surface area contributed by atoms with E-state index >= 15 is 0 Å². The van der Waals surface area contributed by atoms with Crippen LogP contribution in [0.1, 0.15) is 57.9 Å². The van der Waals surface area contributed by atoms with Gasteiger partial charge in [0.1, 0.15) is 23.0 Å². The number of halogens is 1. The SMILES string of the molecule is CC(C)(C)[Si](C)(C)OCCCCN(c1cc2oc(-c3ccc(F)cc3)c(-c3ncc[nH]3)c2cc1C1CC1)S(C)(=O)=O. The number of nitrogens with one attached hydrogen (secondary N) is 1. The van der Waals surface area contributed by atoms with Gasteiger partial charge < -0.3 is 13.8 Å². The molecule has 41 heavy (non-hydrogen) atoms. The molecule has 0 amide bonds. The lowest BCUT2D eigenvalue weighted by Gasteiger charge is -2.36. The van der Waals surface area contributed by atoms with Crippen molar-refractivity contribution in [3.63, 3.8) is 0 Å². The van der Waals surface area contributed by atoms with Gasteiger partial charge in [0.25, 0.3) is 0 Å². The van der Waals surface area contributed by atoms with Crippen molar-refractivity contribution in [2.45, 2.75) is 70.5 Å². The van der Waals surface area contributed by atoms with Crippen molar-refractivity contribution in [1.29, 1.82) is 0 Å². The fraction of sp³-hybridized carbons (Fsp3) is 0.452. The number of anilines is 1. The first kappa shape index (κ1) is 29.5. The molecule has 2 heterocycles. The first-order valence-electron chi connectivity index (χ1n) is 14.2. The number of sulfonamides is 1. The molecule has 220 valence electrons. The molecule has 0 atom stereocenters. The van der Waals surface area contributed by atoms with Crippen molar-refractivity contribution in [3.8, 4) is 22.7 Å². The summed E-state index contributed by atoms with van der Waals surface area (Å²) in [7, 11) is -5.42. The number of hydrogen-bond acceptors (Lipinski definition) is 5. The summed E-state index contributed by atoms with van der Waals surface area (Å²) in [4.78, 5) is 7.66. The summed E-state index contributed by atoms with van der Waals surface area (Å²) in [5, 5.41) is 0.978. The fourth-order valence-corrected chi connectivity index (χ4v) is 6.96. The van der Waals surface area contributed by atoms with Gasteiger partial charge in [-0.15, -0.1) is 0 Å². The highest BCUT2D eigenvalue weighted by Crippen LogP contribution is 2.49. The fourth-order valence-electron chi connectivity index (χ4n) is 4.89. The van der Waals surface area contributed by atoms with Crippen LogP contribution in [0.2, 0.25) is 18.1 Å². The minimum absolute atomic E-state index is 0.130. The predicted octanol–water partition coefficient (Wildman–Crippen LogP) is 8.07. The van der Waals surface area contributed by atoms with Crippen molar-refractivity contribution in [2.75, 3.05) is 23.7 Å². The van der Waals surface area contributed by atoms with Crippen molar-refractivity contribution in [1.82, 2.24) is 9.97 Å². The maximum Gasteiger partial charge on any atom is 0.232 e.